The summed E-state index contributed by atoms with van der Waals surface area (Å²) >= 11 is 2.31. The van der Waals surface area contributed by atoms with Crippen LogP contribution in [0.5, 0.6) is 0 Å². The minimum absolute atomic E-state index is 0.171. The Morgan fingerprint density at radius 2 is 2.12 bits per heavy atom. The Morgan fingerprint density at radius 1 is 1.41 bits per heavy atom. The molecule has 17 heavy (non-hydrogen) atoms. The lowest BCUT2D eigenvalue weighted by atomic mass is 10.0. The predicted octanol–water partition coefficient (Wildman–Crippen LogP) is 2.22. The van der Waals surface area contributed by atoms with E-state index in [-0.39, 0.29) is 5.91 Å². The lowest BCUT2D eigenvalue weighted by molar-refractivity contribution is -0.122. The van der Waals surface area contributed by atoms with Gasteiger partial charge in [0.05, 0.1) is 0 Å². The van der Waals surface area contributed by atoms with Gasteiger partial charge in [0.25, 0.3) is 0 Å². The van der Waals surface area contributed by atoms with Crippen molar-refractivity contribution >= 4 is 28.5 Å². The van der Waals surface area contributed by atoms with Crippen molar-refractivity contribution in [3.63, 3.8) is 0 Å². The van der Waals surface area contributed by atoms with Crippen molar-refractivity contribution in [3.8, 4) is 0 Å². The number of benzene rings is 1. The molecule has 2 rings (SSSR count). The molecule has 1 heterocycles. The highest BCUT2D eigenvalue weighted by Crippen LogP contribution is 2.16. The Labute approximate surface area is 116 Å². The Balaban J connectivity index is 1.90. The van der Waals surface area contributed by atoms with Gasteiger partial charge in [0.1, 0.15) is 0 Å². The van der Waals surface area contributed by atoms with E-state index >= 15 is 0 Å². The van der Waals surface area contributed by atoms with E-state index in [0.717, 1.165) is 13.0 Å². The summed E-state index contributed by atoms with van der Waals surface area (Å²) in [5.41, 5.74) is 1.29. The number of amides is 1. The molecule has 0 aliphatic carbocycles. The van der Waals surface area contributed by atoms with Gasteiger partial charge in [0.15, 0.2) is 0 Å². The number of nitrogens with one attached hydrogen (secondary N) is 2. The summed E-state index contributed by atoms with van der Waals surface area (Å²) < 4.78 is 1.25. The molecule has 1 saturated heterocycles. The molecule has 2 unspecified atom stereocenters. The number of carbonyl (C=O) groups is 1. The standard InChI is InChI=1S/C13H17IN2O/c1-9(10-2-4-11(14)5-3-10)16-12-6-7-13(17)15-8-12/h2-5,9,12,16H,6-8H2,1H3,(H,15,17). The SMILES string of the molecule is CC(NC1CCC(=O)NC1)c1ccc(I)cc1. The van der Waals surface area contributed by atoms with Gasteiger partial charge in [-0.3, -0.25) is 4.79 Å². The average Bonchev–Trinajstić information content (AvgIpc) is 2.33. The van der Waals surface area contributed by atoms with Crippen LogP contribution in [-0.4, -0.2) is 18.5 Å². The Bertz CT molecular complexity index is 381. The van der Waals surface area contributed by atoms with Crippen LogP contribution in [0.15, 0.2) is 24.3 Å². The zero-order chi connectivity index (χ0) is 12.3. The molecule has 2 N–H and O–H groups in total. The highest BCUT2D eigenvalue weighted by molar-refractivity contribution is 14.1. The minimum atomic E-state index is 0.171. The molecular weight excluding hydrogens is 327 g/mol. The van der Waals surface area contributed by atoms with Crippen LogP contribution in [0.4, 0.5) is 0 Å². The molecule has 1 aliphatic heterocycles. The van der Waals surface area contributed by atoms with Gasteiger partial charge in [0, 0.05) is 28.6 Å². The maximum absolute atomic E-state index is 11.1. The van der Waals surface area contributed by atoms with E-state index in [1.165, 1.54) is 9.13 Å². The van der Waals surface area contributed by atoms with E-state index in [9.17, 15) is 4.79 Å². The molecule has 1 aromatic carbocycles. The highest BCUT2D eigenvalue weighted by Gasteiger charge is 2.19. The third-order valence-corrected chi connectivity index (χ3v) is 3.84. The second-order valence-electron chi connectivity index (χ2n) is 4.48. The van der Waals surface area contributed by atoms with E-state index in [2.05, 4.69) is 64.4 Å². The molecule has 0 saturated carbocycles. The van der Waals surface area contributed by atoms with Gasteiger partial charge in [-0.15, -0.1) is 0 Å². The van der Waals surface area contributed by atoms with Gasteiger partial charge >= 0.3 is 0 Å². The second-order valence-corrected chi connectivity index (χ2v) is 5.73. The highest BCUT2D eigenvalue weighted by atomic mass is 127. The molecule has 1 aliphatic rings. The van der Waals surface area contributed by atoms with Gasteiger partial charge in [-0.25, -0.2) is 0 Å². The van der Waals surface area contributed by atoms with Crippen molar-refractivity contribution in [1.82, 2.24) is 10.6 Å². The summed E-state index contributed by atoms with van der Waals surface area (Å²) in [6.07, 6.45) is 1.57. The van der Waals surface area contributed by atoms with Crippen molar-refractivity contribution in [2.45, 2.75) is 31.8 Å². The summed E-state index contributed by atoms with van der Waals surface area (Å²) in [6, 6.07) is 9.27. The number of hydrogen-bond acceptors (Lipinski definition) is 2. The van der Waals surface area contributed by atoms with Crippen LogP contribution in [0.2, 0.25) is 0 Å². The maximum atomic E-state index is 11.1. The molecule has 0 radical (unpaired) electrons. The molecule has 3 nitrogen and oxygen atoms in total. The van der Waals surface area contributed by atoms with Crippen LogP contribution in [0.1, 0.15) is 31.4 Å². The van der Waals surface area contributed by atoms with E-state index < -0.39 is 0 Å². The topological polar surface area (TPSA) is 41.1 Å². The van der Waals surface area contributed by atoms with Crippen LogP contribution in [0, 0.1) is 3.57 Å². The van der Waals surface area contributed by atoms with E-state index in [0.29, 0.717) is 18.5 Å². The fraction of sp³-hybridized carbons (Fsp3) is 0.462. The Morgan fingerprint density at radius 3 is 2.71 bits per heavy atom. The van der Waals surface area contributed by atoms with E-state index in [4.69, 9.17) is 0 Å². The molecular formula is C13H17IN2O. The van der Waals surface area contributed by atoms with Gasteiger partial charge in [0.2, 0.25) is 5.91 Å². The zero-order valence-electron chi connectivity index (χ0n) is 9.87. The van der Waals surface area contributed by atoms with Gasteiger partial charge in [-0.1, -0.05) is 12.1 Å². The largest absolute Gasteiger partial charge is 0.355 e. The Kier molecular flexibility index (Phi) is 4.39. The first-order chi connectivity index (χ1) is 8.15. The molecule has 0 bridgehead atoms. The first kappa shape index (κ1) is 12.8. The van der Waals surface area contributed by atoms with Crippen molar-refractivity contribution < 1.29 is 4.79 Å². The van der Waals surface area contributed by atoms with Gasteiger partial charge in [-0.2, -0.15) is 0 Å². The molecule has 92 valence electrons. The third-order valence-electron chi connectivity index (χ3n) is 3.12. The number of hydrogen-bond donors (Lipinski definition) is 2. The summed E-state index contributed by atoms with van der Waals surface area (Å²) in [5.74, 6) is 0.171. The normalized spacial score (nSPS) is 22.0. The average molecular weight is 344 g/mol. The van der Waals surface area contributed by atoms with Crippen LogP contribution < -0.4 is 10.6 Å². The van der Waals surface area contributed by atoms with Crippen LogP contribution >= 0.6 is 22.6 Å². The number of rotatable bonds is 3. The quantitative estimate of drug-likeness (QED) is 0.826. The molecule has 1 fully saturated rings. The molecule has 1 aromatic rings. The number of carbonyl (C=O) groups excluding carboxylic acids is 1. The lowest BCUT2D eigenvalue weighted by Crippen LogP contribution is -2.46. The van der Waals surface area contributed by atoms with Crippen LogP contribution in [-0.2, 0) is 4.79 Å². The maximum Gasteiger partial charge on any atom is 0.220 e. The molecule has 0 aromatic heterocycles. The number of halogens is 1. The predicted molar refractivity (Wildman–Crippen MR) is 76.7 cm³/mol. The third kappa shape index (κ3) is 3.67. The second kappa shape index (κ2) is 5.82. The summed E-state index contributed by atoms with van der Waals surface area (Å²) in [6.45, 7) is 2.91. The Hall–Kier alpha value is -0.620. The molecule has 1 amide bonds. The summed E-state index contributed by atoms with van der Waals surface area (Å²) in [4.78, 5) is 11.1. The van der Waals surface area contributed by atoms with E-state index in [1.807, 2.05) is 0 Å². The summed E-state index contributed by atoms with van der Waals surface area (Å²) in [5, 5.41) is 6.45. The summed E-state index contributed by atoms with van der Waals surface area (Å²) in [7, 11) is 0. The monoisotopic (exact) mass is 344 g/mol. The first-order valence-corrected chi connectivity index (χ1v) is 7.01. The van der Waals surface area contributed by atoms with Crippen molar-refractivity contribution in [2.75, 3.05) is 6.54 Å². The first-order valence-electron chi connectivity index (χ1n) is 5.93. The molecule has 0 spiro atoms. The lowest BCUT2D eigenvalue weighted by Gasteiger charge is -2.27. The van der Waals surface area contributed by atoms with Crippen molar-refractivity contribution in [2.24, 2.45) is 0 Å². The molecule has 2 atom stereocenters. The van der Waals surface area contributed by atoms with Crippen LogP contribution in [0.3, 0.4) is 0 Å². The van der Waals surface area contributed by atoms with Gasteiger partial charge in [-0.05, 0) is 53.6 Å². The smallest absolute Gasteiger partial charge is 0.220 e. The number of piperidine rings is 1. The van der Waals surface area contributed by atoms with E-state index in [1.54, 1.807) is 0 Å². The van der Waals surface area contributed by atoms with Crippen molar-refractivity contribution in [1.29, 1.82) is 0 Å². The zero-order valence-corrected chi connectivity index (χ0v) is 12.0. The minimum Gasteiger partial charge on any atom is -0.355 e. The van der Waals surface area contributed by atoms with Crippen LogP contribution in [0.25, 0.3) is 0 Å². The fourth-order valence-electron chi connectivity index (χ4n) is 2.08. The molecule has 4 heteroatoms. The van der Waals surface area contributed by atoms with Gasteiger partial charge < -0.3 is 10.6 Å². The van der Waals surface area contributed by atoms with Crippen molar-refractivity contribution in [3.05, 3.63) is 33.4 Å². The fourth-order valence-corrected chi connectivity index (χ4v) is 2.44.